The summed E-state index contributed by atoms with van der Waals surface area (Å²) in [6, 6.07) is 25.0. The Balaban J connectivity index is 1.65. The highest BCUT2D eigenvalue weighted by atomic mass is 16.3. The van der Waals surface area contributed by atoms with Gasteiger partial charge in [0.15, 0.2) is 11.4 Å². The normalized spacial score (nSPS) is 11.2. The molecule has 0 radical (unpaired) electrons. The Labute approximate surface area is 213 Å². The maximum absolute atomic E-state index is 11.3. The molecule has 2 N–H and O–H groups in total. The molecular weight excluding hydrogens is 464 g/mol. The molecule has 0 unspecified atom stereocenters. The Morgan fingerprint density at radius 2 is 1.70 bits per heavy atom. The van der Waals surface area contributed by atoms with E-state index in [1.54, 1.807) is 65.2 Å². The average Bonchev–Trinajstić information content (AvgIpc) is 3.19. The third-order valence-electron chi connectivity index (χ3n) is 6.40. The Kier molecular flexibility index (Phi) is 6.00. The molecule has 37 heavy (non-hydrogen) atoms. The molecule has 4 aromatic carbocycles. The molecule has 5 rings (SSSR count). The standard InChI is InChI=1S/C30H22N4O3/c1-18-9-11-23(13-19(18)2)34-27-12-10-20(16-31)15-25(27)28(30(34)37)33-32-26-8-4-7-24(29(26)36)22-6-3-5-21(14-22)17-35/h3-15,17,36-37H,1-2H3. The van der Waals surface area contributed by atoms with E-state index in [0.717, 1.165) is 23.1 Å². The van der Waals surface area contributed by atoms with Gasteiger partial charge in [-0.15, -0.1) is 10.2 Å². The number of phenolic OH excluding ortho intramolecular Hbond substituents is 1. The van der Waals surface area contributed by atoms with Crippen LogP contribution in [0, 0.1) is 25.2 Å². The number of para-hydroxylation sites is 1. The predicted molar refractivity (Wildman–Crippen MR) is 142 cm³/mol. The van der Waals surface area contributed by atoms with Gasteiger partial charge in [0.25, 0.3) is 0 Å². The van der Waals surface area contributed by atoms with Gasteiger partial charge in [-0.1, -0.05) is 36.4 Å². The van der Waals surface area contributed by atoms with Crippen molar-refractivity contribution in [2.75, 3.05) is 0 Å². The smallest absolute Gasteiger partial charge is 0.225 e. The van der Waals surface area contributed by atoms with Crippen molar-refractivity contribution in [3.63, 3.8) is 0 Å². The van der Waals surface area contributed by atoms with Crippen LogP contribution in [0.1, 0.15) is 27.0 Å². The van der Waals surface area contributed by atoms with Crippen molar-refractivity contribution < 1.29 is 15.0 Å². The van der Waals surface area contributed by atoms with Crippen LogP contribution in [0.2, 0.25) is 0 Å². The molecule has 180 valence electrons. The van der Waals surface area contributed by atoms with Crippen LogP contribution in [-0.2, 0) is 0 Å². The lowest BCUT2D eigenvalue weighted by molar-refractivity contribution is 0.112. The van der Waals surface area contributed by atoms with Gasteiger partial charge in [0, 0.05) is 22.2 Å². The van der Waals surface area contributed by atoms with Gasteiger partial charge in [0.1, 0.15) is 12.0 Å². The molecule has 0 saturated heterocycles. The second-order valence-corrected chi connectivity index (χ2v) is 8.74. The van der Waals surface area contributed by atoms with E-state index in [-0.39, 0.29) is 23.0 Å². The van der Waals surface area contributed by atoms with E-state index in [9.17, 15) is 20.3 Å². The predicted octanol–water partition coefficient (Wildman–Crippen LogP) is 7.43. The summed E-state index contributed by atoms with van der Waals surface area (Å²) in [5.41, 5.74) is 6.03. The number of rotatable bonds is 5. The SMILES string of the molecule is Cc1ccc(-n2c(O)c(N=Nc3cccc(-c4cccc(C=O)c4)c3O)c3cc(C#N)ccc32)cc1C. The first-order valence-electron chi connectivity index (χ1n) is 11.6. The number of carbonyl (C=O) groups is 1. The van der Waals surface area contributed by atoms with Gasteiger partial charge >= 0.3 is 0 Å². The fraction of sp³-hybridized carbons (Fsp3) is 0.0667. The number of azo groups is 1. The topological polar surface area (TPSA) is 111 Å². The molecule has 0 saturated carbocycles. The molecule has 0 aliphatic heterocycles. The number of aryl methyl sites for hydroxylation is 2. The lowest BCUT2D eigenvalue weighted by atomic mass is 10.0. The number of aromatic nitrogens is 1. The van der Waals surface area contributed by atoms with Gasteiger partial charge in [-0.2, -0.15) is 5.26 Å². The lowest BCUT2D eigenvalue weighted by Crippen LogP contribution is -1.95. The van der Waals surface area contributed by atoms with Crippen LogP contribution in [-0.4, -0.2) is 21.1 Å². The fourth-order valence-electron chi connectivity index (χ4n) is 4.28. The van der Waals surface area contributed by atoms with Gasteiger partial charge in [0.05, 0.1) is 17.1 Å². The second kappa shape index (κ2) is 9.44. The molecule has 0 fully saturated rings. The molecule has 1 heterocycles. The summed E-state index contributed by atoms with van der Waals surface area (Å²) in [5, 5.41) is 40.8. The van der Waals surface area contributed by atoms with Gasteiger partial charge in [-0.05, 0) is 73.0 Å². The summed E-state index contributed by atoms with van der Waals surface area (Å²) in [5.74, 6) is -0.240. The van der Waals surface area contributed by atoms with Gasteiger partial charge in [0.2, 0.25) is 5.88 Å². The first-order valence-corrected chi connectivity index (χ1v) is 11.6. The van der Waals surface area contributed by atoms with E-state index in [4.69, 9.17) is 0 Å². The summed E-state index contributed by atoms with van der Waals surface area (Å²) in [6.07, 6.45) is 0.744. The van der Waals surface area contributed by atoms with E-state index >= 15 is 0 Å². The Bertz CT molecular complexity index is 1760. The number of hydrogen-bond donors (Lipinski definition) is 2. The van der Waals surface area contributed by atoms with E-state index in [2.05, 4.69) is 16.3 Å². The van der Waals surface area contributed by atoms with E-state index < -0.39 is 0 Å². The first kappa shape index (κ1) is 23.5. The molecule has 0 aliphatic rings. The first-order chi connectivity index (χ1) is 17.9. The zero-order chi connectivity index (χ0) is 26.1. The molecule has 0 spiro atoms. The van der Waals surface area contributed by atoms with Crippen molar-refractivity contribution in [1.29, 1.82) is 5.26 Å². The van der Waals surface area contributed by atoms with E-state index in [1.807, 2.05) is 32.0 Å². The summed E-state index contributed by atoms with van der Waals surface area (Å²) >= 11 is 0. The van der Waals surface area contributed by atoms with Crippen LogP contribution in [0.4, 0.5) is 11.4 Å². The molecule has 5 aromatic rings. The number of benzene rings is 4. The van der Waals surface area contributed by atoms with Crippen molar-refractivity contribution in [1.82, 2.24) is 4.57 Å². The minimum absolute atomic E-state index is 0.107. The zero-order valence-electron chi connectivity index (χ0n) is 20.2. The minimum atomic E-state index is -0.133. The Hall–Kier alpha value is -5.22. The van der Waals surface area contributed by atoms with Crippen molar-refractivity contribution in [3.05, 3.63) is 101 Å². The maximum atomic E-state index is 11.3. The number of phenols is 1. The maximum Gasteiger partial charge on any atom is 0.225 e. The van der Waals surface area contributed by atoms with Gasteiger partial charge < -0.3 is 10.2 Å². The summed E-state index contributed by atoms with van der Waals surface area (Å²) < 4.78 is 1.67. The molecule has 0 aliphatic carbocycles. The third kappa shape index (κ3) is 4.21. The van der Waals surface area contributed by atoms with E-state index in [1.165, 1.54) is 0 Å². The highest BCUT2D eigenvalue weighted by Gasteiger charge is 2.19. The van der Waals surface area contributed by atoms with E-state index in [0.29, 0.717) is 33.2 Å². The number of aldehydes is 1. The molecule has 7 heteroatoms. The molecular formula is C30H22N4O3. The molecule has 0 amide bonds. The Morgan fingerprint density at radius 1 is 0.892 bits per heavy atom. The van der Waals surface area contributed by atoms with Crippen LogP contribution in [0.15, 0.2) is 89.1 Å². The minimum Gasteiger partial charge on any atom is -0.505 e. The molecule has 7 nitrogen and oxygen atoms in total. The van der Waals surface area contributed by atoms with Crippen LogP contribution in [0.25, 0.3) is 27.7 Å². The third-order valence-corrected chi connectivity index (χ3v) is 6.40. The number of hydrogen-bond acceptors (Lipinski definition) is 6. The highest BCUT2D eigenvalue weighted by Crippen LogP contribution is 2.44. The fourth-order valence-corrected chi connectivity index (χ4v) is 4.28. The summed E-state index contributed by atoms with van der Waals surface area (Å²) in [7, 11) is 0. The lowest BCUT2D eigenvalue weighted by Gasteiger charge is -2.09. The van der Waals surface area contributed by atoms with Crippen LogP contribution < -0.4 is 0 Å². The monoisotopic (exact) mass is 486 g/mol. The average molecular weight is 487 g/mol. The zero-order valence-corrected chi connectivity index (χ0v) is 20.2. The number of fused-ring (bicyclic) bond motifs is 1. The summed E-state index contributed by atoms with van der Waals surface area (Å²) in [6.45, 7) is 4.01. The van der Waals surface area contributed by atoms with Gasteiger partial charge in [-0.3, -0.25) is 9.36 Å². The van der Waals surface area contributed by atoms with Crippen LogP contribution in [0.3, 0.4) is 0 Å². The second-order valence-electron chi connectivity index (χ2n) is 8.74. The largest absolute Gasteiger partial charge is 0.505 e. The number of nitrogens with zero attached hydrogens (tertiary/aromatic N) is 4. The summed E-state index contributed by atoms with van der Waals surface area (Å²) in [4.78, 5) is 11.2. The highest BCUT2D eigenvalue weighted by molar-refractivity contribution is 5.97. The van der Waals surface area contributed by atoms with Crippen LogP contribution in [0.5, 0.6) is 11.6 Å². The number of nitriles is 1. The molecule has 1 aromatic heterocycles. The number of carbonyl (C=O) groups excluding carboxylic acids is 1. The number of aromatic hydroxyl groups is 2. The van der Waals surface area contributed by atoms with Crippen molar-refractivity contribution in [2.45, 2.75) is 13.8 Å². The molecule has 0 bridgehead atoms. The van der Waals surface area contributed by atoms with Crippen molar-refractivity contribution in [3.8, 4) is 34.5 Å². The van der Waals surface area contributed by atoms with Gasteiger partial charge in [-0.25, -0.2) is 0 Å². The Morgan fingerprint density at radius 3 is 2.46 bits per heavy atom. The molecule has 0 atom stereocenters. The quantitative estimate of drug-likeness (QED) is 0.199. The van der Waals surface area contributed by atoms with Crippen LogP contribution >= 0.6 is 0 Å². The van der Waals surface area contributed by atoms with Crippen molar-refractivity contribution in [2.24, 2.45) is 10.2 Å². The van der Waals surface area contributed by atoms with Crippen molar-refractivity contribution >= 4 is 28.6 Å².